The monoisotopic (exact) mass is 373 g/mol. The first-order chi connectivity index (χ1) is 9.04. The first-order valence-electron chi connectivity index (χ1n) is 5.76. The van der Waals surface area contributed by atoms with Crippen molar-refractivity contribution in [1.82, 2.24) is 9.97 Å². The molecule has 0 spiro atoms. The van der Waals surface area contributed by atoms with E-state index in [2.05, 4.69) is 37.9 Å². The molecule has 4 nitrogen and oxygen atoms in total. The third kappa shape index (κ3) is 4.02. The van der Waals surface area contributed by atoms with E-state index in [0.717, 1.165) is 3.57 Å². The van der Waals surface area contributed by atoms with Crippen molar-refractivity contribution >= 4 is 34.2 Å². The summed E-state index contributed by atoms with van der Waals surface area (Å²) in [6, 6.07) is 6.13. The fourth-order valence-corrected chi connectivity index (χ4v) is 1.80. The van der Waals surface area contributed by atoms with Crippen molar-refractivity contribution in [2.45, 2.75) is 20.0 Å². The highest BCUT2D eigenvalue weighted by Gasteiger charge is 2.08. The molecular weight excluding hydrogens is 360 g/mol. The molecule has 0 aliphatic rings. The topological polar surface area (TPSA) is 47.0 Å². The lowest BCUT2D eigenvalue weighted by Gasteiger charge is -2.11. The lowest BCUT2D eigenvalue weighted by molar-refractivity contribution is 0.230. The van der Waals surface area contributed by atoms with Crippen LogP contribution in [-0.2, 0) is 0 Å². The van der Waals surface area contributed by atoms with Gasteiger partial charge in [0.15, 0.2) is 0 Å². The Morgan fingerprint density at radius 1 is 1.37 bits per heavy atom. The van der Waals surface area contributed by atoms with Gasteiger partial charge >= 0.3 is 0 Å². The van der Waals surface area contributed by atoms with Gasteiger partial charge in [-0.1, -0.05) is 6.07 Å². The molecule has 19 heavy (non-hydrogen) atoms. The van der Waals surface area contributed by atoms with Crippen LogP contribution in [0.1, 0.15) is 13.8 Å². The molecule has 2 aromatic rings. The summed E-state index contributed by atoms with van der Waals surface area (Å²) < 4.78 is 19.5. The molecule has 100 valence electrons. The second kappa shape index (κ2) is 6.14. The molecule has 0 saturated heterocycles. The van der Waals surface area contributed by atoms with Crippen LogP contribution in [0.15, 0.2) is 30.5 Å². The van der Waals surface area contributed by atoms with Crippen molar-refractivity contribution < 1.29 is 9.13 Å². The van der Waals surface area contributed by atoms with Crippen LogP contribution in [0.3, 0.4) is 0 Å². The highest BCUT2D eigenvalue weighted by Crippen LogP contribution is 2.21. The minimum atomic E-state index is -0.311. The van der Waals surface area contributed by atoms with E-state index < -0.39 is 0 Å². The van der Waals surface area contributed by atoms with Gasteiger partial charge in [0.25, 0.3) is 0 Å². The number of nitrogens with one attached hydrogen (secondary N) is 1. The molecule has 0 aliphatic heterocycles. The van der Waals surface area contributed by atoms with E-state index in [4.69, 9.17) is 4.74 Å². The maximum Gasteiger partial charge on any atom is 0.232 e. The Bertz CT molecular complexity index is 578. The molecule has 0 fully saturated rings. The summed E-state index contributed by atoms with van der Waals surface area (Å²) in [6.07, 6.45) is 1.69. The van der Waals surface area contributed by atoms with Gasteiger partial charge in [0.1, 0.15) is 5.82 Å². The molecule has 0 aliphatic carbocycles. The van der Waals surface area contributed by atoms with E-state index in [9.17, 15) is 4.39 Å². The van der Waals surface area contributed by atoms with Crippen molar-refractivity contribution in [3.05, 3.63) is 39.8 Å². The van der Waals surface area contributed by atoms with E-state index >= 15 is 0 Å². The van der Waals surface area contributed by atoms with E-state index in [1.165, 1.54) is 12.1 Å². The van der Waals surface area contributed by atoms with Gasteiger partial charge in [0, 0.05) is 11.9 Å². The van der Waals surface area contributed by atoms with Crippen LogP contribution >= 0.6 is 22.6 Å². The Kier molecular flexibility index (Phi) is 4.52. The van der Waals surface area contributed by atoms with Gasteiger partial charge in [-0.15, -0.1) is 0 Å². The Morgan fingerprint density at radius 3 is 2.84 bits per heavy atom. The van der Waals surface area contributed by atoms with Gasteiger partial charge in [-0.25, -0.2) is 9.37 Å². The van der Waals surface area contributed by atoms with Crippen LogP contribution < -0.4 is 10.1 Å². The van der Waals surface area contributed by atoms with Crippen molar-refractivity contribution in [1.29, 1.82) is 0 Å². The zero-order valence-corrected chi connectivity index (χ0v) is 12.7. The van der Waals surface area contributed by atoms with Gasteiger partial charge in [-0.05, 0) is 54.6 Å². The lowest BCUT2D eigenvalue weighted by Crippen LogP contribution is -2.09. The molecule has 0 saturated carbocycles. The third-order valence-corrected chi connectivity index (χ3v) is 2.88. The number of anilines is 2. The van der Waals surface area contributed by atoms with E-state index in [1.807, 2.05) is 13.8 Å². The van der Waals surface area contributed by atoms with Gasteiger partial charge < -0.3 is 10.1 Å². The van der Waals surface area contributed by atoms with E-state index in [0.29, 0.717) is 17.5 Å². The molecule has 1 aromatic carbocycles. The lowest BCUT2D eigenvalue weighted by atomic mass is 10.3. The van der Waals surface area contributed by atoms with Crippen LogP contribution in [0.2, 0.25) is 0 Å². The molecule has 0 atom stereocenters. The Morgan fingerprint density at radius 2 is 2.16 bits per heavy atom. The molecule has 0 bridgehead atoms. The number of aromatic nitrogens is 2. The van der Waals surface area contributed by atoms with Crippen molar-refractivity contribution in [2.75, 3.05) is 5.32 Å². The minimum Gasteiger partial charge on any atom is -0.474 e. The minimum absolute atomic E-state index is 0.0328. The largest absolute Gasteiger partial charge is 0.474 e. The number of nitrogens with zero attached hydrogens (tertiary/aromatic N) is 2. The Labute approximate surface area is 124 Å². The van der Waals surface area contributed by atoms with Gasteiger partial charge in [0.05, 0.1) is 9.67 Å². The van der Waals surface area contributed by atoms with E-state index in [-0.39, 0.29) is 11.9 Å². The summed E-state index contributed by atoms with van der Waals surface area (Å²) in [4.78, 5) is 8.40. The SMILES string of the molecule is CC(C)Oc1nc(Nc2cccc(F)c2)ncc1I. The average Bonchev–Trinajstić information content (AvgIpc) is 2.33. The number of halogens is 2. The predicted molar refractivity (Wildman–Crippen MR) is 80.2 cm³/mol. The van der Waals surface area contributed by atoms with Gasteiger partial charge in [0.2, 0.25) is 11.8 Å². The molecule has 1 aromatic heterocycles. The second-order valence-electron chi connectivity index (χ2n) is 4.15. The molecule has 1 N–H and O–H groups in total. The predicted octanol–water partition coefficient (Wildman–Crippen LogP) is 3.75. The van der Waals surface area contributed by atoms with Gasteiger partial charge in [-0.3, -0.25) is 0 Å². The Hall–Kier alpha value is -1.44. The quantitative estimate of drug-likeness (QED) is 0.830. The maximum absolute atomic E-state index is 13.1. The van der Waals surface area contributed by atoms with Crippen LogP contribution in [0, 0.1) is 9.39 Å². The third-order valence-electron chi connectivity index (χ3n) is 2.14. The summed E-state index contributed by atoms with van der Waals surface area (Å²) >= 11 is 2.11. The van der Waals surface area contributed by atoms with Crippen LogP contribution in [0.5, 0.6) is 5.88 Å². The highest BCUT2D eigenvalue weighted by molar-refractivity contribution is 14.1. The molecular formula is C13H13FIN3O. The fraction of sp³-hybridized carbons (Fsp3) is 0.231. The molecule has 0 amide bonds. The normalized spacial score (nSPS) is 10.6. The second-order valence-corrected chi connectivity index (χ2v) is 5.31. The first-order valence-corrected chi connectivity index (χ1v) is 6.84. The Balaban J connectivity index is 2.21. The van der Waals surface area contributed by atoms with E-state index in [1.54, 1.807) is 18.3 Å². The molecule has 0 radical (unpaired) electrons. The molecule has 6 heteroatoms. The zero-order chi connectivity index (χ0) is 13.8. The maximum atomic E-state index is 13.1. The molecule has 1 heterocycles. The summed E-state index contributed by atoms with van der Waals surface area (Å²) in [6.45, 7) is 3.86. The van der Waals surface area contributed by atoms with Crippen molar-refractivity contribution in [2.24, 2.45) is 0 Å². The van der Waals surface area contributed by atoms with Crippen LogP contribution in [0.25, 0.3) is 0 Å². The van der Waals surface area contributed by atoms with Gasteiger partial charge in [-0.2, -0.15) is 4.98 Å². The number of rotatable bonds is 4. The smallest absolute Gasteiger partial charge is 0.232 e. The molecule has 2 rings (SSSR count). The summed E-state index contributed by atoms with van der Waals surface area (Å²) in [7, 11) is 0. The fourth-order valence-electron chi connectivity index (χ4n) is 1.41. The standard InChI is InChI=1S/C13H13FIN3O/c1-8(2)19-12-11(15)7-16-13(18-12)17-10-5-3-4-9(14)6-10/h3-8H,1-2H3,(H,16,17,18). The van der Waals surface area contributed by atoms with Crippen LogP contribution in [0.4, 0.5) is 16.0 Å². The van der Waals surface area contributed by atoms with Crippen molar-refractivity contribution in [3.63, 3.8) is 0 Å². The van der Waals surface area contributed by atoms with Crippen molar-refractivity contribution in [3.8, 4) is 5.88 Å². The summed E-state index contributed by atoms with van der Waals surface area (Å²) in [5.41, 5.74) is 0.594. The number of hydrogen-bond acceptors (Lipinski definition) is 4. The molecule has 0 unspecified atom stereocenters. The number of benzene rings is 1. The average molecular weight is 373 g/mol. The number of ether oxygens (including phenoxy) is 1. The summed E-state index contributed by atoms with van der Waals surface area (Å²) in [5.74, 6) is 0.584. The highest BCUT2D eigenvalue weighted by atomic mass is 127. The number of hydrogen-bond donors (Lipinski definition) is 1. The zero-order valence-electron chi connectivity index (χ0n) is 10.5. The van der Waals surface area contributed by atoms with Crippen LogP contribution in [-0.4, -0.2) is 16.1 Å². The summed E-state index contributed by atoms with van der Waals surface area (Å²) in [5, 5.41) is 2.94. The first kappa shape index (κ1) is 14.0.